The molecule has 202 valence electrons. The maximum atomic E-state index is 14.0. The van der Waals surface area contributed by atoms with Gasteiger partial charge in [0.15, 0.2) is 0 Å². The fraction of sp³-hybridized carbons (Fsp3) is 0.333. The quantitative estimate of drug-likeness (QED) is 0.400. The van der Waals surface area contributed by atoms with E-state index in [4.69, 9.17) is 0 Å². The van der Waals surface area contributed by atoms with Crippen LogP contribution in [0.2, 0.25) is 0 Å². The van der Waals surface area contributed by atoms with Crippen LogP contribution in [0.15, 0.2) is 89.8 Å². The van der Waals surface area contributed by atoms with Gasteiger partial charge in [-0.1, -0.05) is 73.2 Å². The summed E-state index contributed by atoms with van der Waals surface area (Å²) in [5.41, 5.74) is 1.69. The third-order valence-corrected chi connectivity index (χ3v) is 7.80. The van der Waals surface area contributed by atoms with Crippen LogP contribution in [0, 0.1) is 6.92 Å². The van der Waals surface area contributed by atoms with Crippen molar-refractivity contribution in [1.29, 1.82) is 0 Å². The molecule has 0 saturated carbocycles. The van der Waals surface area contributed by atoms with Crippen LogP contribution in [-0.2, 0) is 26.2 Å². The third kappa shape index (κ3) is 7.44. The fourth-order valence-corrected chi connectivity index (χ4v) is 5.55. The standard InChI is InChI=1S/C30H37N3O4S/c1-6-27(29(35)31-30(3,4)5)32(21-24-13-9-7-10-14-24)28(34)22-33(25-19-17-23(2)18-20-25)38(36,37)26-15-11-8-12-16-26/h7-20,27H,6,21-22H2,1-5H3,(H,31,35)/t27-/m1/s1. The van der Waals surface area contributed by atoms with E-state index in [2.05, 4.69) is 5.32 Å². The summed E-state index contributed by atoms with van der Waals surface area (Å²) >= 11 is 0. The van der Waals surface area contributed by atoms with Gasteiger partial charge in [0.2, 0.25) is 11.8 Å². The highest BCUT2D eigenvalue weighted by Gasteiger charge is 2.34. The van der Waals surface area contributed by atoms with Crippen molar-refractivity contribution in [3.63, 3.8) is 0 Å². The molecule has 0 heterocycles. The van der Waals surface area contributed by atoms with Gasteiger partial charge >= 0.3 is 0 Å². The van der Waals surface area contributed by atoms with Crippen molar-refractivity contribution in [2.75, 3.05) is 10.8 Å². The van der Waals surface area contributed by atoms with Gasteiger partial charge in [-0.25, -0.2) is 8.42 Å². The maximum Gasteiger partial charge on any atom is 0.264 e. The van der Waals surface area contributed by atoms with E-state index in [0.29, 0.717) is 12.1 Å². The largest absolute Gasteiger partial charge is 0.350 e. The number of sulfonamides is 1. The molecule has 2 amide bonds. The van der Waals surface area contributed by atoms with Crippen LogP contribution in [0.3, 0.4) is 0 Å². The van der Waals surface area contributed by atoms with Gasteiger partial charge in [-0.05, 0) is 63.9 Å². The molecule has 8 heteroatoms. The predicted octanol–water partition coefficient (Wildman–Crippen LogP) is 4.91. The Bertz CT molecular complexity index is 1320. The molecular weight excluding hydrogens is 498 g/mol. The topological polar surface area (TPSA) is 86.8 Å². The number of anilines is 1. The molecule has 1 N–H and O–H groups in total. The minimum absolute atomic E-state index is 0.0838. The lowest BCUT2D eigenvalue weighted by Gasteiger charge is -2.34. The van der Waals surface area contributed by atoms with Gasteiger partial charge in [0, 0.05) is 12.1 Å². The second-order valence-electron chi connectivity index (χ2n) is 10.3. The minimum Gasteiger partial charge on any atom is -0.350 e. The summed E-state index contributed by atoms with van der Waals surface area (Å²) in [6.45, 7) is 9.11. The van der Waals surface area contributed by atoms with Gasteiger partial charge in [-0.15, -0.1) is 0 Å². The lowest BCUT2D eigenvalue weighted by atomic mass is 10.1. The number of nitrogens with zero attached hydrogens (tertiary/aromatic N) is 2. The van der Waals surface area contributed by atoms with E-state index in [1.54, 1.807) is 42.5 Å². The van der Waals surface area contributed by atoms with Crippen LogP contribution in [0.4, 0.5) is 5.69 Å². The van der Waals surface area contributed by atoms with Crippen molar-refractivity contribution in [2.24, 2.45) is 0 Å². The van der Waals surface area contributed by atoms with Crippen molar-refractivity contribution in [1.82, 2.24) is 10.2 Å². The minimum atomic E-state index is -4.06. The van der Waals surface area contributed by atoms with Gasteiger partial charge in [-0.3, -0.25) is 13.9 Å². The molecule has 3 aromatic carbocycles. The molecule has 0 aliphatic carbocycles. The summed E-state index contributed by atoms with van der Waals surface area (Å²) < 4.78 is 28.7. The summed E-state index contributed by atoms with van der Waals surface area (Å²) in [4.78, 5) is 28.9. The second kappa shape index (κ2) is 12.3. The Hall–Kier alpha value is -3.65. The van der Waals surface area contributed by atoms with Gasteiger partial charge < -0.3 is 10.2 Å². The van der Waals surface area contributed by atoms with Crippen molar-refractivity contribution in [2.45, 2.75) is 64.1 Å². The van der Waals surface area contributed by atoms with E-state index < -0.39 is 34.1 Å². The molecule has 0 aromatic heterocycles. The number of rotatable bonds is 10. The molecule has 0 fully saturated rings. The number of carbonyl (C=O) groups excluding carboxylic acids is 2. The number of hydrogen-bond donors (Lipinski definition) is 1. The molecule has 0 bridgehead atoms. The third-order valence-electron chi connectivity index (χ3n) is 6.01. The first-order chi connectivity index (χ1) is 17.9. The Morgan fingerprint density at radius 1 is 0.868 bits per heavy atom. The summed E-state index contributed by atoms with van der Waals surface area (Å²) in [5.74, 6) is -0.748. The van der Waals surface area contributed by atoms with E-state index in [-0.39, 0.29) is 17.3 Å². The highest BCUT2D eigenvalue weighted by Crippen LogP contribution is 2.25. The van der Waals surface area contributed by atoms with Gasteiger partial charge in [0.1, 0.15) is 12.6 Å². The zero-order chi connectivity index (χ0) is 27.9. The van der Waals surface area contributed by atoms with Crippen LogP contribution in [0.5, 0.6) is 0 Å². The Morgan fingerprint density at radius 2 is 1.42 bits per heavy atom. The lowest BCUT2D eigenvalue weighted by molar-refractivity contribution is -0.141. The Kier molecular flexibility index (Phi) is 9.33. The molecule has 0 unspecified atom stereocenters. The van der Waals surface area contributed by atoms with Crippen molar-refractivity contribution < 1.29 is 18.0 Å². The van der Waals surface area contributed by atoms with E-state index in [0.717, 1.165) is 15.4 Å². The number of nitrogens with one attached hydrogen (secondary N) is 1. The Morgan fingerprint density at radius 3 is 1.95 bits per heavy atom. The number of carbonyl (C=O) groups is 2. The van der Waals surface area contributed by atoms with Crippen LogP contribution < -0.4 is 9.62 Å². The first-order valence-corrected chi connectivity index (χ1v) is 14.2. The van der Waals surface area contributed by atoms with Crippen molar-refractivity contribution >= 4 is 27.5 Å². The van der Waals surface area contributed by atoms with Crippen molar-refractivity contribution in [3.05, 3.63) is 96.1 Å². The molecule has 7 nitrogen and oxygen atoms in total. The molecular formula is C30H37N3O4S. The molecule has 3 aromatic rings. The zero-order valence-electron chi connectivity index (χ0n) is 22.7. The zero-order valence-corrected chi connectivity index (χ0v) is 23.5. The number of aryl methyl sites for hydroxylation is 1. The summed E-state index contributed by atoms with van der Waals surface area (Å²) in [7, 11) is -4.06. The van der Waals surface area contributed by atoms with Crippen LogP contribution >= 0.6 is 0 Å². The lowest BCUT2D eigenvalue weighted by Crippen LogP contribution is -2.55. The monoisotopic (exact) mass is 535 g/mol. The summed E-state index contributed by atoms with van der Waals surface area (Å²) in [5, 5.41) is 2.97. The average Bonchev–Trinajstić information content (AvgIpc) is 2.87. The predicted molar refractivity (Wildman–Crippen MR) is 151 cm³/mol. The molecule has 0 saturated heterocycles. The van der Waals surface area contributed by atoms with Gasteiger partial charge in [0.25, 0.3) is 10.0 Å². The maximum absolute atomic E-state index is 14.0. The molecule has 0 aliphatic heterocycles. The number of hydrogen-bond acceptors (Lipinski definition) is 4. The number of amides is 2. The van der Waals surface area contributed by atoms with Gasteiger partial charge in [0.05, 0.1) is 10.6 Å². The highest BCUT2D eigenvalue weighted by atomic mass is 32.2. The smallest absolute Gasteiger partial charge is 0.264 e. The molecule has 1 atom stereocenters. The summed E-state index contributed by atoms with van der Waals surface area (Å²) in [6.07, 6.45) is 0.371. The van der Waals surface area contributed by atoms with Crippen molar-refractivity contribution in [3.8, 4) is 0 Å². The van der Waals surface area contributed by atoms with E-state index >= 15 is 0 Å². The highest BCUT2D eigenvalue weighted by molar-refractivity contribution is 7.92. The van der Waals surface area contributed by atoms with E-state index in [1.165, 1.54) is 17.0 Å². The first kappa shape index (κ1) is 28.9. The van der Waals surface area contributed by atoms with Crippen LogP contribution in [0.25, 0.3) is 0 Å². The first-order valence-electron chi connectivity index (χ1n) is 12.7. The van der Waals surface area contributed by atoms with Crippen LogP contribution in [-0.4, -0.2) is 43.3 Å². The SMILES string of the molecule is CC[C@H](C(=O)NC(C)(C)C)N(Cc1ccccc1)C(=O)CN(c1ccc(C)cc1)S(=O)(=O)c1ccccc1. The molecule has 38 heavy (non-hydrogen) atoms. The fourth-order valence-electron chi connectivity index (χ4n) is 4.11. The van der Waals surface area contributed by atoms with E-state index in [9.17, 15) is 18.0 Å². The average molecular weight is 536 g/mol. The molecule has 0 spiro atoms. The normalized spacial score (nSPS) is 12.4. The summed E-state index contributed by atoms with van der Waals surface area (Å²) in [6, 6.07) is 23.6. The number of benzene rings is 3. The molecule has 0 aliphatic rings. The van der Waals surface area contributed by atoms with E-state index in [1.807, 2.05) is 65.0 Å². The van der Waals surface area contributed by atoms with Gasteiger partial charge in [-0.2, -0.15) is 0 Å². The Labute approximate surface area is 226 Å². The Balaban J connectivity index is 2.04. The molecule has 3 rings (SSSR count). The second-order valence-corrected chi connectivity index (χ2v) is 12.2. The molecule has 0 radical (unpaired) electrons. The van der Waals surface area contributed by atoms with Crippen LogP contribution in [0.1, 0.15) is 45.2 Å².